The Balaban J connectivity index is 3.73. The standard InChI is InChI=1S/C17H32O4/c1-6-7-12-20-16(18)14(4)10-8-9-11-15(5)17(19)21-13(2)3/h13-15H,6-12H2,1-5H3. The van der Waals surface area contributed by atoms with E-state index < -0.39 is 0 Å². The maximum atomic E-state index is 11.7. The molecule has 0 aliphatic carbocycles. The van der Waals surface area contributed by atoms with E-state index in [1.54, 1.807) is 0 Å². The lowest BCUT2D eigenvalue weighted by Gasteiger charge is -2.14. The summed E-state index contributed by atoms with van der Waals surface area (Å²) >= 11 is 0. The molecular weight excluding hydrogens is 268 g/mol. The van der Waals surface area contributed by atoms with Gasteiger partial charge in [-0.3, -0.25) is 9.59 Å². The van der Waals surface area contributed by atoms with E-state index in [0.717, 1.165) is 38.5 Å². The van der Waals surface area contributed by atoms with Crippen molar-refractivity contribution in [3.05, 3.63) is 0 Å². The number of ether oxygens (including phenoxy) is 2. The van der Waals surface area contributed by atoms with Crippen LogP contribution in [0.4, 0.5) is 0 Å². The molecule has 2 unspecified atom stereocenters. The van der Waals surface area contributed by atoms with Crippen molar-refractivity contribution in [1.82, 2.24) is 0 Å². The molecule has 0 aromatic rings. The SMILES string of the molecule is CCCCOC(=O)C(C)CCCCC(C)C(=O)OC(C)C. The second-order valence-electron chi connectivity index (χ2n) is 6.09. The molecule has 124 valence electrons. The molecule has 0 spiro atoms. The third-order valence-electron chi connectivity index (χ3n) is 3.42. The lowest BCUT2D eigenvalue weighted by Crippen LogP contribution is -2.19. The zero-order chi connectivity index (χ0) is 16.3. The van der Waals surface area contributed by atoms with E-state index in [-0.39, 0.29) is 29.9 Å². The summed E-state index contributed by atoms with van der Waals surface area (Å²) in [6.45, 7) is 10.1. The Morgan fingerprint density at radius 1 is 0.857 bits per heavy atom. The van der Waals surface area contributed by atoms with Crippen LogP contribution >= 0.6 is 0 Å². The predicted octanol–water partition coefficient (Wildman–Crippen LogP) is 4.11. The highest BCUT2D eigenvalue weighted by Crippen LogP contribution is 2.16. The summed E-state index contributed by atoms with van der Waals surface area (Å²) in [4.78, 5) is 23.3. The summed E-state index contributed by atoms with van der Waals surface area (Å²) in [5.41, 5.74) is 0. The van der Waals surface area contributed by atoms with Gasteiger partial charge in [0.25, 0.3) is 0 Å². The van der Waals surface area contributed by atoms with E-state index in [2.05, 4.69) is 6.92 Å². The van der Waals surface area contributed by atoms with Gasteiger partial charge in [0.05, 0.1) is 24.5 Å². The molecule has 4 heteroatoms. The van der Waals surface area contributed by atoms with E-state index in [1.807, 2.05) is 27.7 Å². The van der Waals surface area contributed by atoms with Crippen molar-refractivity contribution < 1.29 is 19.1 Å². The predicted molar refractivity (Wildman–Crippen MR) is 83.9 cm³/mol. The van der Waals surface area contributed by atoms with E-state index in [4.69, 9.17) is 9.47 Å². The first-order valence-electron chi connectivity index (χ1n) is 8.25. The van der Waals surface area contributed by atoms with Crippen molar-refractivity contribution in [2.24, 2.45) is 11.8 Å². The Hall–Kier alpha value is -1.06. The third-order valence-corrected chi connectivity index (χ3v) is 3.42. The largest absolute Gasteiger partial charge is 0.465 e. The first-order chi connectivity index (χ1) is 9.88. The van der Waals surface area contributed by atoms with Crippen LogP contribution in [-0.4, -0.2) is 24.6 Å². The topological polar surface area (TPSA) is 52.6 Å². The number of carbonyl (C=O) groups is 2. The van der Waals surface area contributed by atoms with Gasteiger partial charge < -0.3 is 9.47 Å². The Morgan fingerprint density at radius 2 is 1.38 bits per heavy atom. The minimum absolute atomic E-state index is 0.0558. The van der Waals surface area contributed by atoms with Gasteiger partial charge in [0, 0.05) is 0 Å². The number of hydrogen-bond acceptors (Lipinski definition) is 4. The van der Waals surface area contributed by atoms with Crippen LogP contribution in [0.1, 0.15) is 73.1 Å². The van der Waals surface area contributed by atoms with Gasteiger partial charge in [-0.2, -0.15) is 0 Å². The van der Waals surface area contributed by atoms with Crippen molar-refractivity contribution >= 4 is 11.9 Å². The van der Waals surface area contributed by atoms with E-state index in [9.17, 15) is 9.59 Å². The van der Waals surface area contributed by atoms with Crippen LogP contribution in [-0.2, 0) is 19.1 Å². The second-order valence-corrected chi connectivity index (χ2v) is 6.09. The fraction of sp³-hybridized carbons (Fsp3) is 0.882. The maximum absolute atomic E-state index is 11.7. The zero-order valence-corrected chi connectivity index (χ0v) is 14.3. The van der Waals surface area contributed by atoms with Crippen LogP contribution in [0.25, 0.3) is 0 Å². The normalized spacial score (nSPS) is 13.8. The molecule has 0 saturated carbocycles. The lowest BCUT2D eigenvalue weighted by atomic mass is 9.99. The van der Waals surface area contributed by atoms with E-state index >= 15 is 0 Å². The number of esters is 2. The van der Waals surface area contributed by atoms with Gasteiger partial charge in [0.2, 0.25) is 0 Å². The summed E-state index contributed by atoms with van der Waals surface area (Å²) < 4.78 is 10.4. The van der Waals surface area contributed by atoms with Crippen LogP contribution in [0.3, 0.4) is 0 Å². The molecule has 21 heavy (non-hydrogen) atoms. The van der Waals surface area contributed by atoms with Crippen LogP contribution < -0.4 is 0 Å². The summed E-state index contributed by atoms with van der Waals surface area (Å²) in [6.07, 6.45) is 5.39. The van der Waals surface area contributed by atoms with Crippen LogP contribution in [0, 0.1) is 11.8 Å². The fourth-order valence-corrected chi connectivity index (χ4v) is 1.94. The summed E-state index contributed by atoms with van der Waals surface area (Å²) in [7, 11) is 0. The molecule has 0 heterocycles. The van der Waals surface area contributed by atoms with Crippen LogP contribution in [0.2, 0.25) is 0 Å². The molecule has 0 N–H and O–H groups in total. The van der Waals surface area contributed by atoms with Crippen molar-refractivity contribution in [3.8, 4) is 0 Å². The first kappa shape index (κ1) is 19.9. The molecule has 0 aromatic heterocycles. The smallest absolute Gasteiger partial charge is 0.308 e. The zero-order valence-electron chi connectivity index (χ0n) is 14.3. The van der Waals surface area contributed by atoms with Gasteiger partial charge in [-0.15, -0.1) is 0 Å². The minimum Gasteiger partial charge on any atom is -0.465 e. The minimum atomic E-state index is -0.128. The van der Waals surface area contributed by atoms with Crippen molar-refractivity contribution in [3.63, 3.8) is 0 Å². The lowest BCUT2D eigenvalue weighted by molar-refractivity contribution is -0.152. The Bertz CT molecular complexity index is 299. The third kappa shape index (κ3) is 10.3. The summed E-state index contributed by atoms with van der Waals surface area (Å²) in [5, 5.41) is 0. The molecule has 0 aromatic carbocycles. The van der Waals surface area contributed by atoms with Crippen molar-refractivity contribution in [1.29, 1.82) is 0 Å². The fourth-order valence-electron chi connectivity index (χ4n) is 1.94. The summed E-state index contributed by atoms with van der Waals surface area (Å²) in [5.74, 6) is -0.355. The Labute approximate surface area is 129 Å². The number of unbranched alkanes of at least 4 members (excludes halogenated alkanes) is 2. The molecule has 0 bridgehead atoms. The van der Waals surface area contributed by atoms with Crippen LogP contribution in [0.15, 0.2) is 0 Å². The first-order valence-corrected chi connectivity index (χ1v) is 8.25. The summed E-state index contributed by atoms with van der Waals surface area (Å²) in [6, 6.07) is 0. The molecular formula is C17H32O4. The number of rotatable bonds is 11. The number of carbonyl (C=O) groups excluding carboxylic acids is 2. The van der Waals surface area contributed by atoms with Crippen LogP contribution in [0.5, 0.6) is 0 Å². The van der Waals surface area contributed by atoms with Gasteiger partial charge in [0.15, 0.2) is 0 Å². The Kier molecular flexibility index (Phi) is 11.0. The highest BCUT2D eigenvalue weighted by atomic mass is 16.5. The van der Waals surface area contributed by atoms with Gasteiger partial charge in [0.1, 0.15) is 0 Å². The molecule has 4 nitrogen and oxygen atoms in total. The maximum Gasteiger partial charge on any atom is 0.308 e. The van der Waals surface area contributed by atoms with Gasteiger partial charge >= 0.3 is 11.9 Å². The van der Waals surface area contributed by atoms with Crippen molar-refractivity contribution in [2.75, 3.05) is 6.61 Å². The molecule has 2 atom stereocenters. The molecule has 0 aliphatic heterocycles. The van der Waals surface area contributed by atoms with E-state index in [0.29, 0.717) is 6.61 Å². The Morgan fingerprint density at radius 3 is 1.86 bits per heavy atom. The molecule has 0 aliphatic rings. The molecule has 0 radical (unpaired) electrons. The quantitative estimate of drug-likeness (QED) is 0.425. The highest BCUT2D eigenvalue weighted by molar-refractivity contribution is 5.72. The second kappa shape index (κ2) is 11.6. The monoisotopic (exact) mass is 300 g/mol. The number of hydrogen-bond donors (Lipinski definition) is 0. The van der Waals surface area contributed by atoms with Gasteiger partial charge in [-0.05, 0) is 33.1 Å². The van der Waals surface area contributed by atoms with E-state index in [1.165, 1.54) is 0 Å². The molecule has 0 fully saturated rings. The highest BCUT2D eigenvalue weighted by Gasteiger charge is 2.17. The average molecular weight is 300 g/mol. The van der Waals surface area contributed by atoms with Gasteiger partial charge in [-0.1, -0.05) is 40.0 Å². The van der Waals surface area contributed by atoms with Crippen molar-refractivity contribution in [2.45, 2.75) is 79.2 Å². The average Bonchev–Trinajstić information content (AvgIpc) is 2.42. The molecule has 0 saturated heterocycles. The molecule has 0 rings (SSSR count). The van der Waals surface area contributed by atoms with Gasteiger partial charge in [-0.25, -0.2) is 0 Å². The molecule has 0 amide bonds.